The Morgan fingerprint density at radius 2 is 2.10 bits per heavy atom. The number of carbonyl (C=O) groups excluding carboxylic acids is 1. The van der Waals surface area contributed by atoms with Crippen molar-refractivity contribution in [1.82, 2.24) is 0 Å². The molecule has 0 bridgehead atoms. The van der Waals surface area contributed by atoms with E-state index in [2.05, 4.69) is 6.58 Å². The number of hydrogen-bond donors (Lipinski definition) is 1. The van der Waals surface area contributed by atoms with Gasteiger partial charge in [0.25, 0.3) is 0 Å². The molecule has 20 heavy (non-hydrogen) atoms. The van der Waals surface area contributed by atoms with Crippen molar-refractivity contribution in [2.45, 2.75) is 13.8 Å². The molecule has 1 heterocycles. The zero-order chi connectivity index (χ0) is 14.9. The average molecular weight is 270 g/mol. The average Bonchev–Trinajstić information content (AvgIpc) is 2.38. The van der Waals surface area contributed by atoms with Crippen LogP contribution in [-0.2, 0) is 0 Å². The van der Waals surface area contributed by atoms with Crippen LogP contribution < -0.4 is 5.43 Å². The van der Waals surface area contributed by atoms with Gasteiger partial charge in [0.15, 0.2) is 11.2 Å². The van der Waals surface area contributed by atoms with Gasteiger partial charge in [0.05, 0.1) is 16.5 Å². The lowest BCUT2D eigenvalue weighted by Crippen LogP contribution is -2.04. The number of benzene rings is 1. The number of ketones is 1. The summed E-state index contributed by atoms with van der Waals surface area (Å²) in [5.41, 5.74) is 0.280. The number of allylic oxidation sites excluding steroid dienone is 1. The quantitative estimate of drug-likeness (QED) is 0.868. The summed E-state index contributed by atoms with van der Waals surface area (Å²) in [6.07, 6.45) is 4.75. The fourth-order valence-electron chi connectivity index (χ4n) is 2.03. The van der Waals surface area contributed by atoms with Crippen molar-refractivity contribution in [3.63, 3.8) is 0 Å². The molecular formula is C16H14O4. The van der Waals surface area contributed by atoms with E-state index in [4.69, 9.17) is 4.42 Å². The van der Waals surface area contributed by atoms with Crippen LogP contribution in [0, 0.1) is 0 Å². The molecule has 0 saturated heterocycles. The Labute approximate surface area is 115 Å². The van der Waals surface area contributed by atoms with Gasteiger partial charge in [-0.15, -0.1) is 0 Å². The minimum Gasteiger partial charge on any atom is -0.506 e. The smallest absolute Gasteiger partial charge is 0.193 e. The van der Waals surface area contributed by atoms with Crippen molar-refractivity contribution in [1.29, 1.82) is 0 Å². The number of carbonyl (C=O) groups is 1. The lowest BCUT2D eigenvalue weighted by Gasteiger charge is -2.08. The topological polar surface area (TPSA) is 67.5 Å². The first kappa shape index (κ1) is 13.8. The van der Waals surface area contributed by atoms with Crippen LogP contribution in [0.1, 0.15) is 35.5 Å². The molecule has 0 aliphatic heterocycles. The number of phenolic OH excluding ortho intramolecular Hbond substituents is 1. The Balaban J connectivity index is 2.99. The van der Waals surface area contributed by atoms with Gasteiger partial charge in [-0.1, -0.05) is 18.7 Å². The highest BCUT2D eigenvalue weighted by molar-refractivity contribution is 6.03. The normalized spacial score (nSPS) is 11.1. The van der Waals surface area contributed by atoms with Crippen molar-refractivity contribution in [2.24, 2.45) is 0 Å². The Kier molecular flexibility index (Phi) is 3.57. The number of phenols is 1. The minimum atomic E-state index is -0.329. The standard InChI is InChI=1S/C16H14O4/c1-4-6-10-7-14(18)13-8-12(9(3)17)15(19)11(5-2)16(13)20-10/h4-8,19H,2H2,1,3H3. The van der Waals surface area contributed by atoms with E-state index >= 15 is 0 Å². The number of aromatic hydroxyl groups is 1. The van der Waals surface area contributed by atoms with Crippen LogP contribution in [-0.4, -0.2) is 10.9 Å². The lowest BCUT2D eigenvalue weighted by atomic mass is 10.0. The number of fused-ring (bicyclic) bond motifs is 1. The molecule has 2 aromatic rings. The highest BCUT2D eigenvalue weighted by atomic mass is 16.3. The van der Waals surface area contributed by atoms with Crippen molar-refractivity contribution in [3.8, 4) is 5.75 Å². The van der Waals surface area contributed by atoms with Crippen molar-refractivity contribution < 1.29 is 14.3 Å². The van der Waals surface area contributed by atoms with E-state index in [-0.39, 0.29) is 39.1 Å². The summed E-state index contributed by atoms with van der Waals surface area (Å²) in [6.45, 7) is 6.72. The SMILES string of the molecule is C=Cc1c(O)c(C(C)=O)cc2c(=O)cc(C=CC)oc12. The van der Waals surface area contributed by atoms with Crippen molar-refractivity contribution in [2.75, 3.05) is 0 Å². The Morgan fingerprint density at radius 3 is 2.65 bits per heavy atom. The molecule has 4 nitrogen and oxygen atoms in total. The molecule has 102 valence electrons. The summed E-state index contributed by atoms with van der Waals surface area (Å²) in [5.74, 6) is -0.173. The van der Waals surface area contributed by atoms with Crippen LogP contribution in [0.3, 0.4) is 0 Å². The molecule has 0 unspecified atom stereocenters. The maximum absolute atomic E-state index is 12.1. The third-order valence-corrected chi connectivity index (χ3v) is 2.96. The van der Waals surface area contributed by atoms with Gasteiger partial charge in [0.1, 0.15) is 17.1 Å². The fraction of sp³-hybridized carbons (Fsp3) is 0.125. The van der Waals surface area contributed by atoms with E-state index < -0.39 is 0 Å². The van der Waals surface area contributed by atoms with Crippen LogP contribution in [0.15, 0.2) is 34.0 Å². The Morgan fingerprint density at radius 1 is 1.40 bits per heavy atom. The van der Waals surface area contributed by atoms with Gasteiger partial charge in [-0.05, 0) is 26.0 Å². The second-order valence-corrected chi connectivity index (χ2v) is 4.34. The lowest BCUT2D eigenvalue weighted by molar-refractivity contribution is 0.101. The third-order valence-electron chi connectivity index (χ3n) is 2.96. The van der Waals surface area contributed by atoms with Gasteiger partial charge in [0.2, 0.25) is 0 Å². The van der Waals surface area contributed by atoms with Gasteiger partial charge in [0, 0.05) is 6.07 Å². The summed E-state index contributed by atoms with van der Waals surface area (Å²) in [6, 6.07) is 2.70. The highest BCUT2D eigenvalue weighted by Crippen LogP contribution is 2.31. The van der Waals surface area contributed by atoms with Crippen LogP contribution >= 0.6 is 0 Å². The van der Waals surface area contributed by atoms with Crippen LogP contribution in [0.25, 0.3) is 23.1 Å². The molecular weight excluding hydrogens is 256 g/mol. The van der Waals surface area contributed by atoms with Gasteiger partial charge < -0.3 is 9.52 Å². The van der Waals surface area contributed by atoms with Gasteiger partial charge in [-0.25, -0.2) is 0 Å². The van der Waals surface area contributed by atoms with E-state index in [9.17, 15) is 14.7 Å². The zero-order valence-electron chi connectivity index (χ0n) is 11.3. The number of Topliss-reactive ketones (excluding diaryl/α,β-unsaturated/α-hetero) is 1. The Bertz CT molecular complexity index is 794. The molecule has 2 rings (SSSR count). The van der Waals surface area contributed by atoms with Crippen LogP contribution in [0.4, 0.5) is 0 Å². The first-order valence-electron chi connectivity index (χ1n) is 6.09. The summed E-state index contributed by atoms with van der Waals surface area (Å²) >= 11 is 0. The molecule has 0 fully saturated rings. The van der Waals surface area contributed by atoms with E-state index in [1.54, 1.807) is 19.1 Å². The van der Waals surface area contributed by atoms with Gasteiger partial charge in [-0.3, -0.25) is 9.59 Å². The first-order chi connectivity index (χ1) is 9.49. The molecule has 0 radical (unpaired) electrons. The molecule has 0 aliphatic carbocycles. The Hall–Kier alpha value is -2.62. The maximum Gasteiger partial charge on any atom is 0.193 e. The molecule has 0 amide bonds. The molecule has 1 aromatic carbocycles. The van der Waals surface area contributed by atoms with E-state index in [0.29, 0.717) is 5.76 Å². The zero-order valence-corrected chi connectivity index (χ0v) is 11.3. The second kappa shape index (κ2) is 5.17. The van der Waals surface area contributed by atoms with Crippen molar-refractivity contribution >= 4 is 28.9 Å². The number of rotatable bonds is 3. The molecule has 1 N–H and O–H groups in total. The monoisotopic (exact) mass is 270 g/mol. The minimum absolute atomic E-state index is 0.0819. The second-order valence-electron chi connectivity index (χ2n) is 4.34. The summed E-state index contributed by atoms with van der Waals surface area (Å²) in [7, 11) is 0. The fourth-order valence-corrected chi connectivity index (χ4v) is 2.03. The molecule has 4 heteroatoms. The molecule has 0 atom stereocenters. The predicted octanol–water partition coefficient (Wildman–Crippen LogP) is 3.38. The van der Waals surface area contributed by atoms with Gasteiger partial charge >= 0.3 is 0 Å². The van der Waals surface area contributed by atoms with E-state index in [0.717, 1.165) is 0 Å². The summed E-state index contributed by atoms with van der Waals surface area (Å²) in [4.78, 5) is 23.6. The predicted molar refractivity (Wildman–Crippen MR) is 79.0 cm³/mol. The molecule has 0 saturated carbocycles. The summed E-state index contributed by atoms with van der Waals surface area (Å²) < 4.78 is 5.59. The van der Waals surface area contributed by atoms with Gasteiger partial charge in [-0.2, -0.15) is 0 Å². The van der Waals surface area contributed by atoms with Crippen molar-refractivity contribution in [3.05, 3.63) is 51.9 Å². The van der Waals surface area contributed by atoms with E-state index in [1.807, 2.05) is 0 Å². The first-order valence-corrected chi connectivity index (χ1v) is 6.09. The molecule has 1 aromatic heterocycles. The highest BCUT2D eigenvalue weighted by Gasteiger charge is 2.17. The van der Waals surface area contributed by atoms with Crippen LogP contribution in [0.2, 0.25) is 0 Å². The summed E-state index contributed by atoms with van der Waals surface area (Å²) in [5, 5.41) is 10.3. The maximum atomic E-state index is 12.1. The van der Waals surface area contributed by atoms with E-state index in [1.165, 1.54) is 25.1 Å². The molecule has 0 aliphatic rings. The molecule has 0 spiro atoms. The number of hydrogen-bond acceptors (Lipinski definition) is 4. The third kappa shape index (κ3) is 2.16. The largest absolute Gasteiger partial charge is 0.506 e. The van der Waals surface area contributed by atoms with Crippen LogP contribution in [0.5, 0.6) is 5.75 Å².